The minimum atomic E-state index is -0.390. The number of nitro benzene ring substituents is 1. The van der Waals surface area contributed by atoms with E-state index in [0.29, 0.717) is 0 Å². The van der Waals surface area contributed by atoms with Gasteiger partial charge in [-0.15, -0.1) is 0 Å². The highest BCUT2D eigenvalue weighted by Crippen LogP contribution is 2.35. The summed E-state index contributed by atoms with van der Waals surface area (Å²) in [4.78, 5) is 15.3. The van der Waals surface area contributed by atoms with Gasteiger partial charge in [-0.1, -0.05) is 26.8 Å². The fourth-order valence-corrected chi connectivity index (χ4v) is 3.75. The van der Waals surface area contributed by atoms with Gasteiger partial charge in [-0.05, 0) is 49.9 Å². The van der Waals surface area contributed by atoms with E-state index in [0.717, 1.165) is 29.1 Å². The monoisotopic (exact) mass is 366 g/mol. The first-order valence-electron chi connectivity index (χ1n) is 9.06. The number of imidazole rings is 1. The largest absolute Gasteiger partial charge is 0.364 e. The van der Waals surface area contributed by atoms with Crippen molar-refractivity contribution in [1.29, 1.82) is 0 Å². The number of hydrogen-bond donors (Lipinski definition) is 1. The Morgan fingerprint density at radius 1 is 1.07 bits per heavy atom. The van der Waals surface area contributed by atoms with E-state index in [-0.39, 0.29) is 21.6 Å². The molecule has 3 rings (SSSR count). The number of nitrogens with one attached hydrogen (secondary N) is 1. The second-order valence-corrected chi connectivity index (χ2v) is 8.79. The molecule has 3 aromatic rings. The van der Waals surface area contributed by atoms with E-state index in [1.165, 1.54) is 12.1 Å². The molecule has 1 aromatic carbocycles. The lowest BCUT2D eigenvalue weighted by molar-refractivity contribution is -0.384. The first-order chi connectivity index (χ1) is 12.6. The molecule has 0 unspecified atom stereocenters. The maximum absolute atomic E-state index is 11.0. The normalized spacial score (nSPS) is 12.3. The molecular formula is C21H26N4O2. The van der Waals surface area contributed by atoms with Crippen LogP contribution in [0, 0.1) is 15.5 Å². The van der Waals surface area contributed by atoms with E-state index < -0.39 is 0 Å². The minimum absolute atomic E-state index is 0.0742. The van der Waals surface area contributed by atoms with Crippen LogP contribution in [0.3, 0.4) is 0 Å². The summed E-state index contributed by atoms with van der Waals surface area (Å²) in [6.45, 7) is 11.0. The summed E-state index contributed by atoms with van der Waals surface area (Å²) in [6, 6.07) is 12.4. The average Bonchev–Trinajstić information content (AvgIpc) is 2.91. The smallest absolute Gasteiger partial charge is 0.269 e. The van der Waals surface area contributed by atoms with E-state index in [2.05, 4.69) is 39.9 Å². The number of non-ortho nitro benzene ring substituents is 1. The molecule has 0 aliphatic carbocycles. The lowest BCUT2D eigenvalue weighted by Crippen LogP contribution is -2.36. The summed E-state index contributed by atoms with van der Waals surface area (Å²) in [5, 5.41) is 14.6. The van der Waals surface area contributed by atoms with Gasteiger partial charge in [-0.2, -0.15) is 0 Å². The Kier molecular flexibility index (Phi) is 4.68. The van der Waals surface area contributed by atoms with Gasteiger partial charge in [-0.3, -0.25) is 14.5 Å². The molecule has 142 valence electrons. The number of benzene rings is 1. The Morgan fingerprint density at radius 2 is 1.74 bits per heavy atom. The number of anilines is 1. The third kappa shape index (κ3) is 4.27. The highest BCUT2D eigenvalue weighted by Gasteiger charge is 2.28. The molecule has 6 nitrogen and oxygen atoms in total. The van der Waals surface area contributed by atoms with Crippen LogP contribution in [0.1, 0.15) is 41.0 Å². The topological polar surface area (TPSA) is 72.5 Å². The molecule has 27 heavy (non-hydrogen) atoms. The van der Waals surface area contributed by atoms with Crippen molar-refractivity contribution in [3.05, 3.63) is 58.8 Å². The van der Waals surface area contributed by atoms with Gasteiger partial charge in [0.25, 0.3) is 5.69 Å². The predicted molar refractivity (Wildman–Crippen MR) is 109 cm³/mol. The zero-order valence-electron chi connectivity index (χ0n) is 16.5. The van der Waals surface area contributed by atoms with Gasteiger partial charge in [0, 0.05) is 29.4 Å². The van der Waals surface area contributed by atoms with E-state index in [9.17, 15) is 10.1 Å². The van der Waals surface area contributed by atoms with Gasteiger partial charge in [0.05, 0.1) is 4.92 Å². The molecule has 0 bridgehead atoms. The second kappa shape index (κ2) is 6.68. The molecule has 6 heteroatoms. The van der Waals surface area contributed by atoms with E-state index in [4.69, 9.17) is 4.98 Å². The van der Waals surface area contributed by atoms with Gasteiger partial charge in [0.1, 0.15) is 17.2 Å². The van der Waals surface area contributed by atoms with Crippen molar-refractivity contribution in [2.24, 2.45) is 5.41 Å². The van der Waals surface area contributed by atoms with Crippen LogP contribution in [0.25, 0.3) is 16.9 Å². The molecule has 2 heterocycles. The number of hydrogen-bond acceptors (Lipinski definition) is 4. The maximum Gasteiger partial charge on any atom is 0.269 e. The molecule has 0 amide bonds. The molecule has 2 aromatic heterocycles. The first kappa shape index (κ1) is 18.9. The van der Waals surface area contributed by atoms with E-state index in [1.807, 2.05) is 28.8 Å². The predicted octanol–water partition coefficient (Wildman–Crippen LogP) is 5.54. The molecule has 0 spiro atoms. The Labute approximate surface area is 159 Å². The van der Waals surface area contributed by atoms with Gasteiger partial charge in [0.2, 0.25) is 0 Å². The SMILES string of the molecule is CC(C)(C)CC(C)(C)Nc1c(-c2ccc([N+](=O)[O-])cc2)nc2ccccn12. The fourth-order valence-electron chi connectivity index (χ4n) is 3.75. The standard InChI is InChI=1S/C21H26N4O2/c1-20(2,3)14-21(4,5)23-19-18(22-17-8-6-7-13-24(17)19)15-9-11-16(12-10-15)25(26)27/h6-13,23H,14H2,1-5H3. The molecule has 0 radical (unpaired) electrons. The molecule has 0 aliphatic rings. The maximum atomic E-state index is 11.0. The summed E-state index contributed by atoms with van der Waals surface area (Å²) in [6.07, 6.45) is 2.95. The zero-order chi connectivity index (χ0) is 19.8. The van der Waals surface area contributed by atoms with Crippen LogP contribution in [0.5, 0.6) is 0 Å². The average molecular weight is 366 g/mol. The quantitative estimate of drug-likeness (QED) is 0.475. The molecular weight excluding hydrogens is 340 g/mol. The number of nitro groups is 1. The lowest BCUT2D eigenvalue weighted by Gasteiger charge is -2.34. The molecule has 0 saturated carbocycles. The van der Waals surface area contributed by atoms with Crippen LogP contribution in [-0.4, -0.2) is 19.8 Å². The Morgan fingerprint density at radius 3 is 2.33 bits per heavy atom. The Bertz CT molecular complexity index is 966. The fraction of sp³-hybridized carbons (Fsp3) is 0.381. The van der Waals surface area contributed by atoms with Crippen molar-refractivity contribution >= 4 is 17.2 Å². The van der Waals surface area contributed by atoms with Gasteiger partial charge < -0.3 is 5.32 Å². The summed E-state index contributed by atoms with van der Waals surface area (Å²) in [5.74, 6) is 0.897. The van der Waals surface area contributed by atoms with Crippen LogP contribution in [0.2, 0.25) is 0 Å². The number of nitrogens with zero attached hydrogens (tertiary/aromatic N) is 3. The third-order valence-electron chi connectivity index (χ3n) is 4.31. The van der Waals surface area contributed by atoms with Gasteiger partial charge >= 0.3 is 0 Å². The Hall–Kier alpha value is -2.89. The number of fused-ring (bicyclic) bond motifs is 1. The number of rotatable bonds is 5. The minimum Gasteiger partial charge on any atom is -0.364 e. The summed E-state index contributed by atoms with van der Waals surface area (Å²) in [7, 11) is 0. The van der Waals surface area contributed by atoms with Gasteiger partial charge in [0.15, 0.2) is 0 Å². The van der Waals surface area contributed by atoms with Crippen molar-refractivity contribution in [2.45, 2.75) is 46.6 Å². The highest BCUT2D eigenvalue weighted by atomic mass is 16.6. The van der Waals surface area contributed by atoms with Gasteiger partial charge in [-0.25, -0.2) is 4.98 Å². The lowest BCUT2D eigenvalue weighted by atomic mass is 9.82. The number of aromatic nitrogens is 2. The highest BCUT2D eigenvalue weighted by molar-refractivity contribution is 5.77. The molecule has 0 aliphatic heterocycles. The Balaban J connectivity index is 2.08. The second-order valence-electron chi connectivity index (χ2n) is 8.79. The number of pyridine rings is 1. The van der Waals surface area contributed by atoms with Crippen molar-refractivity contribution < 1.29 is 4.92 Å². The molecule has 0 atom stereocenters. The zero-order valence-corrected chi connectivity index (χ0v) is 16.5. The molecule has 0 saturated heterocycles. The van der Waals surface area contributed by atoms with Crippen molar-refractivity contribution in [3.8, 4) is 11.3 Å². The van der Waals surface area contributed by atoms with Crippen molar-refractivity contribution in [3.63, 3.8) is 0 Å². The van der Waals surface area contributed by atoms with Crippen LogP contribution in [0.15, 0.2) is 48.7 Å². The third-order valence-corrected chi connectivity index (χ3v) is 4.31. The molecule has 0 fully saturated rings. The summed E-state index contributed by atoms with van der Waals surface area (Å²) < 4.78 is 2.03. The van der Waals surface area contributed by atoms with Crippen LogP contribution >= 0.6 is 0 Å². The van der Waals surface area contributed by atoms with Crippen molar-refractivity contribution in [1.82, 2.24) is 9.38 Å². The van der Waals surface area contributed by atoms with Crippen LogP contribution in [0.4, 0.5) is 11.5 Å². The summed E-state index contributed by atoms with van der Waals surface area (Å²) >= 11 is 0. The summed E-state index contributed by atoms with van der Waals surface area (Å²) in [5.41, 5.74) is 2.56. The van der Waals surface area contributed by atoms with E-state index in [1.54, 1.807) is 12.1 Å². The van der Waals surface area contributed by atoms with Crippen molar-refractivity contribution in [2.75, 3.05) is 5.32 Å². The van der Waals surface area contributed by atoms with E-state index >= 15 is 0 Å². The molecule has 1 N–H and O–H groups in total. The first-order valence-corrected chi connectivity index (χ1v) is 9.06. The van der Waals surface area contributed by atoms with Crippen LogP contribution < -0.4 is 5.32 Å². The van der Waals surface area contributed by atoms with Crippen LogP contribution in [-0.2, 0) is 0 Å².